The zero-order valence-electron chi connectivity index (χ0n) is 23.2. The van der Waals surface area contributed by atoms with Gasteiger partial charge in [0.25, 0.3) is 5.91 Å². The second kappa shape index (κ2) is 15.3. The van der Waals surface area contributed by atoms with Gasteiger partial charge in [0, 0.05) is 13.1 Å². The summed E-state index contributed by atoms with van der Waals surface area (Å²) in [6, 6.07) is 29.3. The van der Waals surface area contributed by atoms with Crippen LogP contribution in [-0.2, 0) is 43.6 Å². The van der Waals surface area contributed by atoms with Crippen LogP contribution in [0.2, 0.25) is 0 Å². The van der Waals surface area contributed by atoms with E-state index in [1.165, 1.54) is 0 Å². The van der Waals surface area contributed by atoms with Crippen LogP contribution in [0.4, 0.5) is 0 Å². The highest BCUT2D eigenvalue weighted by Crippen LogP contribution is 2.33. The molecule has 0 saturated carbocycles. The summed E-state index contributed by atoms with van der Waals surface area (Å²) in [7, 11) is 0. The Morgan fingerprint density at radius 3 is 1.90 bits per heavy atom. The average molecular weight is 546 g/mol. The van der Waals surface area contributed by atoms with E-state index >= 15 is 0 Å². The van der Waals surface area contributed by atoms with E-state index in [4.69, 9.17) is 18.9 Å². The van der Waals surface area contributed by atoms with E-state index in [1.54, 1.807) is 11.0 Å². The van der Waals surface area contributed by atoms with Gasteiger partial charge < -0.3 is 29.0 Å². The van der Waals surface area contributed by atoms with Gasteiger partial charge >= 0.3 is 0 Å². The van der Waals surface area contributed by atoms with Crippen molar-refractivity contribution in [3.63, 3.8) is 0 Å². The van der Waals surface area contributed by atoms with Gasteiger partial charge in [0.1, 0.15) is 24.6 Å². The maximum absolute atomic E-state index is 13.0. The molecule has 1 aliphatic rings. The van der Waals surface area contributed by atoms with Crippen LogP contribution in [0.25, 0.3) is 0 Å². The smallest absolute Gasteiger partial charge is 0.254 e. The summed E-state index contributed by atoms with van der Waals surface area (Å²) in [5, 5.41) is 11.2. The van der Waals surface area contributed by atoms with Gasteiger partial charge in [-0.2, -0.15) is 0 Å². The lowest BCUT2D eigenvalue weighted by Crippen LogP contribution is -2.35. The molecule has 1 saturated heterocycles. The van der Waals surface area contributed by atoms with E-state index in [0.29, 0.717) is 32.1 Å². The van der Waals surface area contributed by atoms with Gasteiger partial charge in [0.15, 0.2) is 12.2 Å². The molecular weight excluding hydrogens is 506 g/mol. The van der Waals surface area contributed by atoms with Gasteiger partial charge in [-0.15, -0.1) is 0 Å². The Hall–Kier alpha value is -3.49. The van der Waals surface area contributed by atoms with Gasteiger partial charge in [0.05, 0.1) is 19.8 Å². The number of ether oxygens (including phenoxy) is 4. The van der Waals surface area contributed by atoms with E-state index in [2.05, 4.69) is 0 Å². The molecule has 4 rings (SSSR count). The number of nitrogens with zero attached hydrogens (tertiary/aromatic N) is 1. The van der Waals surface area contributed by atoms with E-state index in [-0.39, 0.29) is 19.1 Å². The summed E-state index contributed by atoms with van der Waals surface area (Å²) in [5.74, 6) is 0.396. The van der Waals surface area contributed by atoms with Crippen LogP contribution in [0.3, 0.4) is 0 Å². The third kappa shape index (κ3) is 8.76. The number of hydrogen-bond donors (Lipinski definition) is 1. The summed E-state index contributed by atoms with van der Waals surface area (Å²) >= 11 is 0. The molecule has 1 N–H and O–H groups in total. The summed E-state index contributed by atoms with van der Waals surface area (Å²) in [6.45, 7) is 6.11. The molecule has 0 aliphatic carbocycles. The molecule has 3 aromatic carbocycles. The minimum atomic E-state index is -0.974. The van der Waals surface area contributed by atoms with E-state index < -0.39 is 24.4 Å². The number of carbonyl (C=O) groups is 1. The standard InChI is InChI=1S/C33H39NO6/c1-3-34(4-2)33(36)32-31(40-32)30(39-23-27-18-12-7-13-19-27)20-29(38-22-26-16-10-6-11-17-26)28(35)24-37-21-25-14-8-5-9-15-25/h5-20,28-29,31-32,35H,3-4,21-24H2,1-2H3/b30-20-/t28-,29-,31+,32-/m1/s1. The van der Waals surface area contributed by atoms with Crippen molar-refractivity contribution in [2.45, 2.75) is 58.1 Å². The highest BCUT2D eigenvalue weighted by atomic mass is 16.6. The first-order valence-electron chi connectivity index (χ1n) is 13.9. The molecule has 1 amide bonds. The minimum absolute atomic E-state index is 0.0597. The van der Waals surface area contributed by atoms with Crippen molar-refractivity contribution in [3.05, 3.63) is 120 Å². The lowest BCUT2D eigenvalue weighted by Gasteiger charge is -2.22. The van der Waals surface area contributed by atoms with Crippen LogP contribution in [0.15, 0.2) is 103 Å². The van der Waals surface area contributed by atoms with Crippen molar-refractivity contribution in [3.8, 4) is 0 Å². The molecule has 0 aromatic heterocycles. The molecule has 1 aliphatic heterocycles. The Kier molecular flexibility index (Phi) is 11.3. The first-order valence-corrected chi connectivity index (χ1v) is 13.9. The number of benzene rings is 3. The van der Waals surface area contributed by atoms with Gasteiger partial charge in [-0.1, -0.05) is 91.0 Å². The first kappa shape index (κ1) is 29.5. The topological polar surface area (TPSA) is 80.8 Å². The van der Waals surface area contributed by atoms with Crippen molar-refractivity contribution < 1.29 is 28.8 Å². The van der Waals surface area contributed by atoms with Crippen LogP contribution in [0.1, 0.15) is 30.5 Å². The monoisotopic (exact) mass is 545 g/mol. The molecule has 1 heterocycles. The van der Waals surface area contributed by atoms with E-state index in [0.717, 1.165) is 16.7 Å². The predicted octanol–water partition coefficient (Wildman–Crippen LogP) is 4.89. The number of aliphatic hydroxyl groups is 1. The predicted molar refractivity (Wildman–Crippen MR) is 153 cm³/mol. The van der Waals surface area contributed by atoms with Crippen molar-refractivity contribution in [1.82, 2.24) is 4.90 Å². The molecular formula is C33H39NO6. The Labute approximate surface area is 236 Å². The molecule has 7 nitrogen and oxygen atoms in total. The molecule has 3 aromatic rings. The number of epoxide rings is 1. The third-order valence-electron chi connectivity index (χ3n) is 6.73. The Morgan fingerprint density at radius 1 is 0.825 bits per heavy atom. The molecule has 7 heteroatoms. The second-order valence-corrected chi connectivity index (χ2v) is 9.66. The summed E-state index contributed by atoms with van der Waals surface area (Å²) in [5.41, 5.74) is 2.97. The van der Waals surface area contributed by atoms with E-state index in [9.17, 15) is 9.90 Å². The Morgan fingerprint density at radius 2 is 1.35 bits per heavy atom. The molecule has 4 atom stereocenters. The SMILES string of the molecule is CCN(CC)C(=O)[C@@H]1O[C@H]1/C(=C/[C@@H](OCc1ccccc1)[C@H](O)COCc1ccccc1)OCc1ccccc1. The summed E-state index contributed by atoms with van der Waals surface area (Å²) in [6.07, 6.45) is -1.16. The number of aliphatic hydroxyl groups excluding tert-OH is 1. The first-order chi connectivity index (χ1) is 19.6. The molecule has 1 fully saturated rings. The molecule has 212 valence electrons. The van der Waals surface area contributed by atoms with Crippen LogP contribution < -0.4 is 0 Å². The largest absolute Gasteiger partial charge is 0.491 e. The van der Waals surface area contributed by atoms with Crippen molar-refractivity contribution in [1.29, 1.82) is 0 Å². The lowest BCUT2D eigenvalue weighted by atomic mass is 10.1. The maximum atomic E-state index is 13.0. The van der Waals surface area contributed by atoms with Gasteiger partial charge in [-0.25, -0.2) is 0 Å². The number of hydrogen-bond acceptors (Lipinski definition) is 6. The quantitative estimate of drug-likeness (QED) is 0.204. The molecule has 40 heavy (non-hydrogen) atoms. The number of rotatable bonds is 16. The second-order valence-electron chi connectivity index (χ2n) is 9.66. The van der Waals surface area contributed by atoms with E-state index in [1.807, 2.05) is 105 Å². The normalized spacial score (nSPS) is 18.1. The number of likely N-dealkylation sites (N-methyl/N-ethyl adjacent to an activating group) is 1. The molecule has 0 bridgehead atoms. The highest BCUT2D eigenvalue weighted by Gasteiger charge is 2.50. The zero-order chi connectivity index (χ0) is 28.2. The minimum Gasteiger partial charge on any atom is -0.491 e. The van der Waals surface area contributed by atoms with Crippen LogP contribution >= 0.6 is 0 Å². The number of amides is 1. The summed E-state index contributed by atoms with van der Waals surface area (Å²) in [4.78, 5) is 14.7. The fourth-order valence-corrected chi connectivity index (χ4v) is 4.36. The highest BCUT2D eigenvalue weighted by molar-refractivity contribution is 5.84. The molecule has 0 spiro atoms. The maximum Gasteiger partial charge on any atom is 0.254 e. The van der Waals surface area contributed by atoms with Crippen LogP contribution in [0.5, 0.6) is 0 Å². The van der Waals surface area contributed by atoms with Gasteiger partial charge in [0.2, 0.25) is 0 Å². The van der Waals surface area contributed by atoms with Gasteiger partial charge in [-0.05, 0) is 36.6 Å². The molecule has 0 unspecified atom stereocenters. The van der Waals surface area contributed by atoms with Gasteiger partial charge in [-0.3, -0.25) is 4.79 Å². The summed E-state index contributed by atoms with van der Waals surface area (Å²) < 4.78 is 24.1. The molecule has 0 radical (unpaired) electrons. The zero-order valence-corrected chi connectivity index (χ0v) is 23.2. The van der Waals surface area contributed by atoms with Crippen LogP contribution in [-0.4, -0.2) is 60.0 Å². The fraction of sp³-hybridized carbons (Fsp3) is 0.364. The van der Waals surface area contributed by atoms with Crippen LogP contribution in [0, 0.1) is 0 Å². The average Bonchev–Trinajstić information content (AvgIpc) is 3.80. The van der Waals surface area contributed by atoms with Crippen molar-refractivity contribution >= 4 is 5.91 Å². The van der Waals surface area contributed by atoms with Crippen molar-refractivity contribution in [2.75, 3.05) is 19.7 Å². The fourth-order valence-electron chi connectivity index (χ4n) is 4.36. The Balaban J connectivity index is 1.52. The number of carbonyl (C=O) groups excluding carboxylic acids is 1. The van der Waals surface area contributed by atoms with Crippen molar-refractivity contribution in [2.24, 2.45) is 0 Å². The third-order valence-corrected chi connectivity index (χ3v) is 6.73. The Bertz CT molecular complexity index is 1180. The lowest BCUT2D eigenvalue weighted by molar-refractivity contribution is -0.132.